The van der Waals surface area contributed by atoms with Crippen molar-refractivity contribution in [3.63, 3.8) is 0 Å². The third-order valence-corrected chi connectivity index (χ3v) is 2.46. The van der Waals surface area contributed by atoms with Crippen LogP contribution in [0.3, 0.4) is 0 Å². The highest BCUT2D eigenvalue weighted by atomic mass is 35.5. The molecule has 0 saturated carbocycles. The van der Waals surface area contributed by atoms with Crippen molar-refractivity contribution in [3.8, 4) is 0 Å². The van der Waals surface area contributed by atoms with Crippen molar-refractivity contribution in [3.05, 3.63) is 53.2 Å². The summed E-state index contributed by atoms with van der Waals surface area (Å²) in [4.78, 5) is 0. The van der Waals surface area contributed by atoms with Gasteiger partial charge < -0.3 is 0 Å². The number of hydrogen-bond acceptors (Lipinski definition) is 2. The average Bonchev–Trinajstić information content (AvgIpc) is 2.19. The average molecular weight is 227 g/mol. The number of nitrogens with one attached hydrogen (secondary N) is 1. The highest BCUT2D eigenvalue weighted by Gasteiger charge is 2.14. The number of benzene rings is 1. The predicted molar refractivity (Wildman–Crippen MR) is 59.2 cm³/mol. The molecule has 0 unspecified atom stereocenters. The van der Waals surface area contributed by atoms with Gasteiger partial charge in [0.25, 0.3) is 0 Å². The fourth-order valence-electron chi connectivity index (χ4n) is 1.26. The van der Waals surface area contributed by atoms with Gasteiger partial charge in [-0.25, -0.2) is 0 Å². The van der Waals surface area contributed by atoms with E-state index in [1.165, 1.54) is 4.53 Å². The Labute approximate surface area is 92.5 Å². The number of allylic oxidation sites excluding steroid dienone is 2. The van der Waals surface area contributed by atoms with Gasteiger partial charge in [0.2, 0.25) is 0 Å². The zero-order valence-corrected chi connectivity index (χ0v) is 8.76. The van der Waals surface area contributed by atoms with Gasteiger partial charge in [0.15, 0.2) is 0 Å². The summed E-state index contributed by atoms with van der Waals surface area (Å²) in [5, 5.41) is 0.616. The molecule has 1 N–H and O–H groups in total. The topological polar surface area (TPSA) is 15.3 Å². The molecule has 1 aliphatic heterocycles. The van der Waals surface area contributed by atoms with E-state index < -0.39 is 0 Å². The van der Waals surface area contributed by atoms with E-state index in [0.29, 0.717) is 5.03 Å². The fraction of sp³-hybridized carbons (Fsp3) is 0. The molecule has 4 heteroatoms. The normalized spacial score (nSPS) is 15.7. The standard InChI is InChI=1S/C10H8Cl2N2/c11-9-6-7-13-14(12)10(9)8-4-2-1-3-5-8/h1-7,13H. The van der Waals surface area contributed by atoms with Crippen LogP contribution in [0.2, 0.25) is 0 Å². The molecular formula is C10H8Cl2N2. The van der Waals surface area contributed by atoms with Gasteiger partial charge in [-0.15, -0.1) is 0 Å². The first kappa shape index (κ1) is 9.44. The molecule has 0 atom stereocenters. The lowest BCUT2D eigenvalue weighted by Crippen LogP contribution is -2.26. The molecule has 0 aromatic heterocycles. The van der Waals surface area contributed by atoms with E-state index in [0.717, 1.165) is 11.3 Å². The summed E-state index contributed by atoms with van der Waals surface area (Å²) in [6.45, 7) is 0. The minimum atomic E-state index is 0.616. The molecule has 1 aromatic rings. The lowest BCUT2D eigenvalue weighted by molar-refractivity contribution is 0.538. The van der Waals surface area contributed by atoms with Crippen LogP contribution in [-0.4, -0.2) is 4.53 Å². The van der Waals surface area contributed by atoms with Gasteiger partial charge in [0.1, 0.15) is 5.70 Å². The van der Waals surface area contributed by atoms with Gasteiger partial charge in [-0.2, -0.15) is 4.53 Å². The lowest BCUT2D eigenvalue weighted by atomic mass is 10.1. The van der Waals surface area contributed by atoms with Gasteiger partial charge in [0.05, 0.1) is 5.03 Å². The number of hydrazine groups is 1. The molecule has 1 heterocycles. The summed E-state index contributed by atoms with van der Waals surface area (Å²) in [5.41, 5.74) is 4.57. The largest absolute Gasteiger partial charge is 0.291 e. The Kier molecular flexibility index (Phi) is 2.66. The van der Waals surface area contributed by atoms with Crippen molar-refractivity contribution in [2.24, 2.45) is 0 Å². The van der Waals surface area contributed by atoms with Crippen molar-refractivity contribution in [1.29, 1.82) is 0 Å². The predicted octanol–water partition coefficient (Wildman–Crippen LogP) is 3.08. The first-order chi connectivity index (χ1) is 6.79. The van der Waals surface area contributed by atoms with E-state index >= 15 is 0 Å². The molecule has 1 aliphatic rings. The van der Waals surface area contributed by atoms with Crippen molar-refractivity contribution in [2.45, 2.75) is 0 Å². The summed E-state index contributed by atoms with van der Waals surface area (Å²) in [6, 6.07) is 9.73. The van der Waals surface area contributed by atoms with Crippen molar-refractivity contribution < 1.29 is 0 Å². The summed E-state index contributed by atoms with van der Waals surface area (Å²) >= 11 is 12.0. The fourth-order valence-corrected chi connectivity index (χ4v) is 1.81. The van der Waals surface area contributed by atoms with Gasteiger partial charge in [-0.1, -0.05) is 41.9 Å². The molecule has 0 bridgehead atoms. The van der Waals surface area contributed by atoms with Crippen molar-refractivity contribution in [1.82, 2.24) is 9.95 Å². The Morgan fingerprint density at radius 3 is 2.50 bits per heavy atom. The van der Waals surface area contributed by atoms with Crippen LogP contribution < -0.4 is 5.43 Å². The summed E-state index contributed by atoms with van der Waals surface area (Å²) in [5.74, 6) is 0. The van der Waals surface area contributed by atoms with Gasteiger partial charge in [-0.05, 0) is 6.08 Å². The van der Waals surface area contributed by atoms with Gasteiger partial charge in [0, 0.05) is 23.5 Å². The van der Waals surface area contributed by atoms with E-state index in [2.05, 4.69) is 5.43 Å². The van der Waals surface area contributed by atoms with E-state index in [1.807, 2.05) is 30.3 Å². The zero-order chi connectivity index (χ0) is 9.97. The lowest BCUT2D eigenvalue weighted by Gasteiger charge is -2.23. The molecular weight excluding hydrogens is 219 g/mol. The second-order valence-electron chi connectivity index (χ2n) is 2.81. The summed E-state index contributed by atoms with van der Waals surface area (Å²) in [7, 11) is 0. The third-order valence-electron chi connectivity index (χ3n) is 1.89. The molecule has 0 fully saturated rings. The molecule has 14 heavy (non-hydrogen) atoms. The van der Waals surface area contributed by atoms with Gasteiger partial charge in [-0.3, -0.25) is 5.43 Å². The Morgan fingerprint density at radius 2 is 1.86 bits per heavy atom. The minimum absolute atomic E-state index is 0.616. The van der Waals surface area contributed by atoms with Crippen LogP contribution in [0.5, 0.6) is 0 Å². The quantitative estimate of drug-likeness (QED) is 0.741. The van der Waals surface area contributed by atoms with Crippen LogP contribution >= 0.6 is 23.4 Å². The van der Waals surface area contributed by atoms with E-state index in [-0.39, 0.29) is 0 Å². The number of hydrogen-bond donors (Lipinski definition) is 1. The molecule has 2 rings (SSSR count). The van der Waals surface area contributed by atoms with E-state index in [9.17, 15) is 0 Å². The first-order valence-corrected chi connectivity index (χ1v) is 4.84. The molecule has 72 valence electrons. The van der Waals surface area contributed by atoms with Gasteiger partial charge >= 0.3 is 0 Å². The van der Waals surface area contributed by atoms with E-state index in [1.54, 1.807) is 12.3 Å². The smallest absolute Gasteiger partial charge is 0.102 e. The van der Waals surface area contributed by atoms with Crippen LogP contribution in [0.15, 0.2) is 47.6 Å². The summed E-state index contributed by atoms with van der Waals surface area (Å²) in [6.07, 6.45) is 3.45. The highest BCUT2D eigenvalue weighted by Crippen LogP contribution is 2.28. The second-order valence-corrected chi connectivity index (χ2v) is 3.55. The van der Waals surface area contributed by atoms with Crippen LogP contribution in [0.4, 0.5) is 0 Å². The molecule has 0 aliphatic carbocycles. The van der Waals surface area contributed by atoms with Crippen LogP contribution in [0, 0.1) is 0 Å². The molecule has 0 saturated heterocycles. The zero-order valence-electron chi connectivity index (χ0n) is 7.24. The Bertz CT molecular complexity index is 384. The number of rotatable bonds is 1. The Balaban J connectivity index is 2.46. The van der Waals surface area contributed by atoms with Crippen LogP contribution in [0.25, 0.3) is 5.70 Å². The van der Waals surface area contributed by atoms with Crippen LogP contribution in [0.1, 0.15) is 5.56 Å². The maximum absolute atomic E-state index is 6.04. The molecule has 2 nitrogen and oxygen atoms in total. The first-order valence-electron chi connectivity index (χ1n) is 4.13. The van der Waals surface area contributed by atoms with E-state index in [4.69, 9.17) is 23.4 Å². The Morgan fingerprint density at radius 1 is 1.14 bits per heavy atom. The highest BCUT2D eigenvalue weighted by molar-refractivity contribution is 6.35. The second kappa shape index (κ2) is 3.95. The van der Waals surface area contributed by atoms with Crippen LogP contribution in [-0.2, 0) is 0 Å². The number of halogens is 2. The molecule has 0 spiro atoms. The SMILES string of the molecule is ClC1=C(c2ccccc2)N(Cl)NC=C1. The third kappa shape index (κ3) is 1.72. The number of nitrogens with zero attached hydrogens (tertiary/aromatic N) is 1. The molecule has 0 amide bonds. The Hall–Kier alpha value is -1.12. The molecule has 1 aromatic carbocycles. The summed E-state index contributed by atoms with van der Waals surface area (Å²) < 4.78 is 1.37. The monoisotopic (exact) mass is 226 g/mol. The maximum Gasteiger partial charge on any atom is 0.102 e. The maximum atomic E-state index is 6.04. The van der Waals surface area contributed by atoms with Crippen molar-refractivity contribution in [2.75, 3.05) is 0 Å². The minimum Gasteiger partial charge on any atom is -0.291 e. The molecule has 0 radical (unpaired) electrons. The van der Waals surface area contributed by atoms with Crippen molar-refractivity contribution >= 4 is 29.1 Å².